The molecule has 5 heteroatoms. The van der Waals surface area contributed by atoms with E-state index in [2.05, 4.69) is 17.4 Å². The molecule has 1 heterocycles. The molecule has 1 N–H and O–H groups in total. The van der Waals surface area contributed by atoms with Crippen LogP contribution in [-0.2, 0) is 16.1 Å². The Morgan fingerprint density at radius 3 is 2.77 bits per heavy atom. The SMILES string of the molecule is CNCCCC(=O)N(Cc1ccccc1)CC1CCCO1.Cl. The van der Waals surface area contributed by atoms with Crippen molar-refractivity contribution in [2.45, 2.75) is 38.3 Å². The third-order valence-electron chi connectivity index (χ3n) is 3.83. The van der Waals surface area contributed by atoms with Gasteiger partial charge in [0.25, 0.3) is 0 Å². The predicted molar refractivity (Wildman–Crippen MR) is 91.2 cm³/mol. The first-order chi connectivity index (χ1) is 10.3. The summed E-state index contributed by atoms with van der Waals surface area (Å²) in [7, 11) is 1.92. The van der Waals surface area contributed by atoms with Crippen molar-refractivity contribution in [3.63, 3.8) is 0 Å². The van der Waals surface area contributed by atoms with E-state index in [4.69, 9.17) is 4.74 Å². The summed E-state index contributed by atoms with van der Waals surface area (Å²) in [5.41, 5.74) is 1.18. The van der Waals surface area contributed by atoms with E-state index < -0.39 is 0 Å². The molecule has 1 amide bonds. The molecule has 1 aromatic rings. The fraction of sp³-hybridized carbons (Fsp3) is 0.588. The maximum absolute atomic E-state index is 12.5. The first-order valence-electron chi connectivity index (χ1n) is 7.87. The monoisotopic (exact) mass is 326 g/mol. The Morgan fingerprint density at radius 2 is 2.14 bits per heavy atom. The second kappa shape index (κ2) is 10.6. The van der Waals surface area contributed by atoms with Crippen LogP contribution in [0.4, 0.5) is 0 Å². The minimum Gasteiger partial charge on any atom is -0.376 e. The van der Waals surface area contributed by atoms with Gasteiger partial charge in [-0.2, -0.15) is 0 Å². The fourth-order valence-electron chi connectivity index (χ4n) is 2.67. The van der Waals surface area contributed by atoms with E-state index in [9.17, 15) is 4.79 Å². The number of hydrogen-bond donors (Lipinski definition) is 1. The predicted octanol–water partition coefficient (Wildman–Crippen LogP) is 2.62. The molecule has 0 radical (unpaired) electrons. The Hall–Kier alpha value is -1.10. The maximum Gasteiger partial charge on any atom is 0.223 e. The first-order valence-corrected chi connectivity index (χ1v) is 7.87. The normalized spacial score (nSPS) is 17.0. The number of nitrogens with one attached hydrogen (secondary N) is 1. The minimum atomic E-state index is 0. The van der Waals surface area contributed by atoms with Crippen LogP contribution >= 0.6 is 12.4 Å². The molecule has 1 aromatic carbocycles. The molecule has 0 bridgehead atoms. The smallest absolute Gasteiger partial charge is 0.223 e. The standard InChI is InChI=1S/C17H26N2O2.ClH/c1-18-11-5-10-17(20)19(14-16-9-6-12-21-16)13-15-7-3-2-4-8-15;/h2-4,7-8,16,18H,5-6,9-14H2,1H3;1H. The molecule has 1 unspecified atom stereocenters. The number of carbonyl (C=O) groups is 1. The van der Waals surface area contributed by atoms with E-state index in [1.165, 1.54) is 5.56 Å². The third-order valence-corrected chi connectivity index (χ3v) is 3.83. The number of halogens is 1. The first kappa shape index (κ1) is 18.9. The van der Waals surface area contributed by atoms with E-state index in [1.54, 1.807) is 0 Å². The van der Waals surface area contributed by atoms with Gasteiger partial charge in [0.1, 0.15) is 0 Å². The van der Waals surface area contributed by atoms with E-state index in [-0.39, 0.29) is 24.4 Å². The molecular formula is C17H27ClN2O2. The van der Waals surface area contributed by atoms with Crippen molar-refractivity contribution in [1.82, 2.24) is 10.2 Å². The average Bonchev–Trinajstić information content (AvgIpc) is 3.01. The Bertz CT molecular complexity index is 422. The molecule has 0 saturated carbocycles. The number of benzene rings is 1. The summed E-state index contributed by atoms with van der Waals surface area (Å²) in [6.07, 6.45) is 3.86. The van der Waals surface area contributed by atoms with Gasteiger partial charge < -0.3 is 15.0 Å². The van der Waals surface area contributed by atoms with Crippen LogP contribution in [0.5, 0.6) is 0 Å². The number of ether oxygens (including phenoxy) is 1. The van der Waals surface area contributed by atoms with Crippen molar-refractivity contribution in [3.8, 4) is 0 Å². The topological polar surface area (TPSA) is 41.6 Å². The van der Waals surface area contributed by atoms with E-state index in [1.807, 2.05) is 30.1 Å². The van der Waals surface area contributed by atoms with E-state index >= 15 is 0 Å². The lowest BCUT2D eigenvalue weighted by Crippen LogP contribution is -2.37. The number of nitrogens with zero attached hydrogens (tertiary/aromatic N) is 1. The lowest BCUT2D eigenvalue weighted by Gasteiger charge is -2.25. The van der Waals surface area contributed by atoms with Crippen molar-refractivity contribution < 1.29 is 9.53 Å². The van der Waals surface area contributed by atoms with Crippen LogP contribution < -0.4 is 5.32 Å². The minimum absolute atomic E-state index is 0. The van der Waals surface area contributed by atoms with Crippen molar-refractivity contribution in [2.75, 3.05) is 26.7 Å². The molecule has 1 aliphatic heterocycles. The summed E-state index contributed by atoms with van der Waals surface area (Å²) in [4.78, 5) is 14.4. The molecular weight excluding hydrogens is 300 g/mol. The van der Waals surface area contributed by atoms with E-state index in [0.29, 0.717) is 19.5 Å². The highest BCUT2D eigenvalue weighted by Crippen LogP contribution is 2.16. The summed E-state index contributed by atoms with van der Waals surface area (Å²) in [6, 6.07) is 10.2. The average molecular weight is 327 g/mol. The van der Waals surface area contributed by atoms with Crippen molar-refractivity contribution in [3.05, 3.63) is 35.9 Å². The van der Waals surface area contributed by atoms with Crippen molar-refractivity contribution in [2.24, 2.45) is 0 Å². The number of carbonyl (C=O) groups excluding carboxylic acids is 1. The van der Waals surface area contributed by atoms with Crippen molar-refractivity contribution >= 4 is 18.3 Å². The van der Waals surface area contributed by atoms with Crippen LogP contribution in [0.1, 0.15) is 31.2 Å². The lowest BCUT2D eigenvalue weighted by molar-refractivity contribution is -0.133. The highest BCUT2D eigenvalue weighted by atomic mass is 35.5. The number of hydrogen-bond acceptors (Lipinski definition) is 3. The van der Waals surface area contributed by atoms with Gasteiger partial charge >= 0.3 is 0 Å². The molecule has 22 heavy (non-hydrogen) atoms. The Morgan fingerprint density at radius 1 is 1.36 bits per heavy atom. The van der Waals surface area contributed by atoms with E-state index in [0.717, 1.165) is 32.4 Å². The third kappa shape index (κ3) is 6.34. The van der Waals surface area contributed by atoms with Crippen LogP contribution in [0.15, 0.2) is 30.3 Å². The van der Waals surface area contributed by atoms with Gasteiger partial charge in [-0.25, -0.2) is 0 Å². The number of amides is 1. The summed E-state index contributed by atoms with van der Waals surface area (Å²) in [5, 5.41) is 3.09. The summed E-state index contributed by atoms with van der Waals surface area (Å²) in [6.45, 7) is 3.11. The van der Waals surface area contributed by atoms with Gasteiger partial charge in [0.15, 0.2) is 0 Å². The van der Waals surface area contributed by atoms with Gasteiger partial charge in [0.05, 0.1) is 6.10 Å². The fourth-order valence-corrected chi connectivity index (χ4v) is 2.67. The molecule has 124 valence electrons. The van der Waals surface area contributed by atoms with Crippen LogP contribution in [-0.4, -0.2) is 43.7 Å². The molecule has 1 saturated heterocycles. The van der Waals surface area contributed by atoms with Gasteiger partial charge in [-0.3, -0.25) is 4.79 Å². The summed E-state index contributed by atoms with van der Waals surface area (Å²) < 4.78 is 5.69. The Balaban J connectivity index is 0.00000242. The second-order valence-corrected chi connectivity index (χ2v) is 5.60. The zero-order valence-corrected chi connectivity index (χ0v) is 14.1. The van der Waals surface area contributed by atoms with Gasteiger partial charge in [-0.1, -0.05) is 30.3 Å². The largest absolute Gasteiger partial charge is 0.376 e. The molecule has 0 spiro atoms. The lowest BCUT2D eigenvalue weighted by atomic mass is 10.1. The van der Waals surface area contributed by atoms with Gasteiger partial charge in [0, 0.05) is 26.1 Å². The Kier molecular flexibility index (Phi) is 9.13. The molecule has 2 rings (SSSR count). The quantitative estimate of drug-likeness (QED) is 0.747. The molecule has 4 nitrogen and oxygen atoms in total. The van der Waals surface area contributed by atoms with Gasteiger partial charge in [0.2, 0.25) is 5.91 Å². The maximum atomic E-state index is 12.5. The van der Waals surface area contributed by atoms with Gasteiger partial charge in [-0.05, 0) is 38.4 Å². The molecule has 0 aromatic heterocycles. The summed E-state index contributed by atoms with van der Waals surface area (Å²) in [5.74, 6) is 0.226. The van der Waals surface area contributed by atoms with Crippen molar-refractivity contribution in [1.29, 1.82) is 0 Å². The van der Waals surface area contributed by atoms with Gasteiger partial charge in [-0.15, -0.1) is 12.4 Å². The Labute approximate surface area is 139 Å². The van der Waals surface area contributed by atoms with Crippen LogP contribution in [0.3, 0.4) is 0 Å². The zero-order chi connectivity index (χ0) is 14.9. The molecule has 1 aliphatic rings. The summed E-state index contributed by atoms with van der Waals surface area (Å²) >= 11 is 0. The van der Waals surface area contributed by atoms with Crippen LogP contribution in [0.2, 0.25) is 0 Å². The zero-order valence-electron chi connectivity index (χ0n) is 13.3. The second-order valence-electron chi connectivity index (χ2n) is 5.60. The highest BCUT2D eigenvalue weighted by molar-refractivity contribution is 5.85. The molecule has 1 fully saturated rings. The van der Waals surface area contributed by atoms with Crippen LogP contribution in [0.25, 0.3) is 0 Å². The number of rotatable bonds is 8. The van der Waals surface area contributed by atoms with Crippen LogP contribution in [0, 0.1) is 0 Å². The molecule has 0 aliphatic carbocycles. The molecule has 1 atom stereocenters. The highest BCUT2D eigenvalue weighted by Gasteiger charge is 2.22.